The lowest BCUT2D eigenvalue weighted by molar-refractivity contribution is -0.118. The van der Waals surface area contributed by atoms with E-state index in [1.807, 2.05) is 0 Å². The quantitative estimate of drug-likeness (QED) is 0.888. The lowest BCUT2D eigenvalue weighted by Gasteiger charge is -2.09. The van der Waals surface area contributed by atoms with Crippen LogP contribution in [0.3, 0.4) is 0 Å². The third kappa shape index (κ3) is 5.10. The first-order valence-corrected chi connectivity index (χ1v) is 6.96. The van der Waals surface area contributed by atoms with Crippen LogP contribution < -0.4 is 15.4 Å². The highest BCUT2D eigenvalue weighted by Crippen LogP contribution is 2.17. The first-order valence-electron chi connectivity index (χ1n) is 6.59. The van der Waals surface area contributed by atoms with Gasteiger partial charge in [0.25, 0.3) is 5.91 Å². The average Bonchev–Trinajstić information content (AvgIpc) is 2.46. The van der Waals surface area contributed by atoms with Gasteiger partial charge < -0.3 is 15.4 Å². The highest BCUT2D eigenvalue weighted by Gasteiger charge is 2.05. The molecule has 5 nitrogen and oxygen atoms in total. The van der Waals surface area contributed by atoms with E-state index in [9.17, 15) is 9.59 Å². The van der Waals surface area contributed by atoms with E-state index < -0.39 is 0 Å². The standard InChI is InChI=1S/C16H15ClN2O3/c1-11(20)18-13-3-2-4-14(9-13)19-16(21)10-22-15-7-5-12(17)6-8-15/h2-9H,10H2,1H3,(H,18,20)(H,19,21). The van der Waals surface area contributed by atoms with E-state index in [0.717, 1.165) is 0 Å². The van der Waals surface area contributed by atoms with Crippen LogP contribution in [0.15, 0.2) is 48.5 Å². The molecule has 0 atom stereocenters. The lowest BCUT2D eigenvalue weighted by Crippen LogP contribution is -2.20. The Hall–Kier alpha value is -2.53. The molecule has 0 fully saturated rings. The van der Waals surface area contributed by atoms with Crippen LogP contribution in [0.5, 0.6) is 5.75 Å². The molecule has 2 rings (SSSR count). The minimum atomic E-state index is -0.296. The molecule has 0 aliphatic carbocycles. The fourth-order valence-corrected chi connectivity index (χ4v) is 1.88. The molecule has 114 valence electrons. The Bertz CT molecular complexity index is 671. The summed E-state index contributed by atoms with van der Waals surface area (Å²) in [6.07, 6.45) is 0. The van der Waals surface area contributed by atoms with Crippen molar-refractivity contribution >= 4 is 34.8 Å². The molecule has 0 spiro atoms. The van der Waals surface area contributed by atoms with E-state index >= 15 is 0 Å². The molecule has 2 aromatic carbocycles. The van der Waals surface area contributed by atoms with Crippen LogP contribution in [0.25, 0.3) is 0 Å². The van der Waals surface area contributed by atoms with Gasteiger partial charge in [0.15, 0.2) is 6.61 Å². The van der Waals surface area contributed by atoms with Crippen molar-refractivity contribution in [1.82, 2.24) is 0 Å². The smallest absolute Gasteiger partial charge is 0.262 e. The largest absolute Gasteiger partial charge is 0.484 e. The Morgan fingerprint density at radius 3 is 2.32 bits per heavy atom. The van der Waals surface area contributed by atoms with E-state index in [2.05, 4.69) is 10.6 Å². The van der Waals surface area contributed by atoms with Gasteiger partial charge in [-0.3, -0.25) is 9.59 Å². The van der Waals surface area contributed by atoms with E-state index in [1.54, 1.807) is 48.5 Å². The number of nitrogens with one attached hydrogen (secondary N) is 2. The van der Waals surface area contributed by atoms with E-state index in [4.69, 9.17) is 16.3 Å². The molecule has 0 aliphatic rings. The molecule has 22 heavy (non-hydrogen) atoms. The molecule has 2 N–H and O–H groups in total. The summed E-state index contributed by atoms with van der Waals surface area (Å²) in [5.41, 5.74) is 1.19. The first-order chi connectivity index (χ1) is 10.5. The molecule has 6 heteroatoms. The second-order valence-electron chi connectivity index (χ2n) is 4.55. The van der Waals surface area contributed by atoms with E-state index in [1.165, 1.54) is 6.92 Å². The second kappa shape index (κ2) is 7.47. The number of carbonyl (C=O) groups is 2. The van der Waals surface area contributed by atoms with Gasteiger partial charge in [-0.2, -0.15) is 0 Å². The monoisotopic (exact) mass is 318 g/mol. The van der Waals surface area contributed by atoms with Crippen LogP contribution >= 0.6 is 11.6 Å². The number of hydrogen-bond donors (Lipinski definition) is 2. The molecule has 2 aromatic rings. The number of amides is 2. The maximum absolute atomic E-state index is 11.8. The molecule has 0 aromatic heterocycles. The Labute approximate surface area is 133 Å². The van der Waals surface area contributed by atoms with Gasteiger partial charge in [-0.25, -0.2) is 0 Å². The van der Waals surface area contributed by atoms with Crippen LogP contribution in [0.2, 0.25) is 5.02 Å². The molecule has 0 radical (unpaired) electrons. The number of benzene rings is 2. The molecule has 0 saturated heterocycles. The fraction of sp³-hybridized carbons (Fsp3) is 0.125. The van der Waals surface area contributed by atoms with Crippen molar-refractivity contribution in [1.29, 1.82) is 0 Å². The summed E-state index contributed by atoms with van der Waals surface area (Å²) in [6.45, 7) is 1.30. The lowest BCUT2D eigenvalue weighted by atomic mass is 10.2. The van der Waals surface area contributed by atoms with Gasteiger partial charge in [-0.05, 0) is 42.5 Å². The zero-order valence-corrected chi connectivity index (χ0v) is 12.7. The molecule has 2 amide bonds. The minimum Gasteiger partial charge on any atom is -0.484 e. The third-order valence-electron chi connectivity index (χ3n) is 2.65. The Morgan fingerprint density at radius 2 is 1.68 bits per heavy atom. The summed E-state index contributed by atoms with van der Waals surface area (Å²) in [4.78, 5) is 22.8. The fourth-order valence-electron chi connectivity index (χ4n) is 1.75. The topological polar surface area (TPSA) is 67.4 Å². The van der Waals surface area contributed by atoms with Crippen LogP contribution in [0.1, 0.15) is 6.92 Å². The second-order valence-corrected chi connectivity index (χ2v) is 4.99. The zero-order valence-electron chi connectivity index (χ0n) is 11.9. The number of ether oxygens (including phenoxy) is 1. The van der Waals surface area contributed by atoms with Gasteiger partial charge in [0.05, 0.1) is 0 Å². The summed E-state index contributed by atoms with van der Waals surface area (Å²) in [6, 6.07) is 13.6. The van der Waals surface area contributed by atoms with Gasteiger partial charge in [0.2, 0.25) is 5.91 Å². The molecular formula is C16H15ClN2O3. The van der Waals surface area contributed by atoms with Crippen molar-refractivity contribution in [2.45, 2.75) is 6.92 Å². The van der Waals surface area contributed by atoms with E-state index in [0.29, 0.717) is 22.1 Å². The van der Waals surface area contributed by atoms with Crippen molar-refractivity contribution in [3.05, 3.63) is 53.6 Å². The number of anilines is 2. The summed E-state index contributed by atoms with van der Waals surface area (Å²) in [5, 5.41) is 5.95. The number of carbonyl (C=O) groups excluding carboxylic acids is 2. The van der Waals surface area contributed by atoms with Crippen molar-refractivity contribution in [3.63, 3.8) is 0 Å². The summed E-state index contributed by atoms with van der Waals surface area (Å²) in [5.74, 6) is 0.0935. The third-order valence-corrected chi connectivity index (χ3v) is 2.90. The van der Waals surface area contributed by atoms with Gasteiger partial charge in [-0.15, -0.1) is 0 Å². The number of hydrogen-bond acceptors (Lipinski definition) is 3. The van der Waals surface area contributed by atoms with Crippen molar-refractivity contribution in [3.8, 4) is 5.75 Å². The molecule has 0 saturated carbocycles. The summed E-state index contributed by atoms with van der Waals surface area (Å²) in [7, 11) is 0. The van der Waals surface area contributed by atoms with Crippen LogP contribution in [0, 0.1) is 0 Å². The zero-order chi connectivity index (χ0) is 15.9. The highest BCUT2D eigenvalue weighted by atomic mass is 35.5. The molecule has 0 unspecified atom stereocenters. The van der Waals surface area contributed by atoms with Crippen LogP contribution in [-0.2, 0) is 9.59 Å². The van der Waals surface area contributed by atoms with Crippen LogP contribution in [-0.4, -0.2) is 18.4 Å². The SMILES string of the molecule is CC(=O)Nc1cccc(NC(=O)COc2ccc(Cl)cc2)c1. The van der Waals surface area contributed by atoms with Gasteiger partial charge >= 0.3 is 0 Å². The maximum Gasteiger partial charge on any atom is 0.262 e. The Balaban J connectivity index is 1.89. The van der Waals surface area contributed by atoms with Crippen molar-refractivity contribution in [2.24, 2.45) is 0 Å². The summed E-state index contributed by atoms with van der Waals surface area (Å²) < 4.78 is 5.35. The van der Waals surface area contributed by atoms with Crippen LogP contribution in [0.4, 0.5) is 11.4 Å². The first kappa shape index (κ1) is 15.9. The average molecular weight is 319 g/mol. The van der Waals surface area contributed by atoms with Gasteiger partial charge in [0, 0.05) is 23.3 Å². The number of rotatable bonds is 5. The van der Waals surface area contributed by atoms with Gasteiger partial charge in [0.1, 0.15) is 5.75 Å². The number of halogens is 1. The highest BCUT2D eigenvalue weighted by molar-refractivity contribution is 6.30. The van der Waals surface area contributed by atoms with E-state index in [-0.39, 0.29) is 18.4 Å². The Morgan fingerprint density at radius 1 is 1.05 bits per heavy atom. The van der Waals surface area contributed by atoms with Gasteiger partial charge in [-0.1, -0.05) is 17.7 Å². The Kier molecular flexibility index (Phi) is 5.38. The van der Waals surface area contributed by atoms with Crippen molar-refractivity contribution < 1.29 is 14.3 Å². The molecule has 0 heterocycles. The molecule has 0 aliphatic heterocycles. The summed E-state index contributed by atoms with van der Waals surface area (Å²) >= 11 is 5.77. The predicted molar refractivity (Wildman–Crippen MR) is 86.3 cm³/mol. The normalized spacial score (nSPS) is 9.91. The predicted octanol–water partition coefficient (Wildman–Crippen LogP) is 3.32. The molecule has 0 bridgehead atoms. The molecular weight excluding hydrogens is 304 g/mol. The maximum atomic E-state index is 11.8. The van der Waals surface area contributed by atoms with Crippen molar-refractivity contribution in [2.75, 3.05) is 17.2 Å². The minimum absolute atomic E-state index is 0.119.